The van der Waals surface area contributed by atoms with Gasteiger partial charge in [0.05, 0.1) is 18.2 Å². The summed E-state index contributed by atoms with van der Waals surface area (Å²) >= 11 is 0. The zero-order valence-electron chi connectivity index (χ0n) is 17.2. The number of carbonyl (C=O) groups is 2. The molecule has 2 aliphatic heterocycles. The molecule has 3 heterocycles. The van der Waals surface area contributed by atoms with Gasteiger partial charge in [0.1, 0.15) is 11.8 Å². The van der Waals surface area contributed by atoms with Gasteiger partial charge in [0.25, 0.3) is 0 Å². The van der Waals surface area contributed by atoms with Crippen molar-refractivity contribution in [3.8, 4) is 0 Å². The highest BCUT2D eigenvalue weighted by atomic mass is 16.5. The summed E-state index contributed by atoms with van der Waals surface area (Å²) in [5.74, 6) is 0.627. The number of carbonyl (C=O) groups excluding carboxylic acids is 2. The largest absolute Gasteiger partial charge is 0.461 e. The van der Waals surface area contributed by atoms with Gasteiger partial charge >= 0.3 is 5.97 Å². The predicted octanol–water partition coefficient (Wildman–Crippen LogP) is 2.28. The molecule has 0 saturated carbocycles. The molecule has 9 heteroatoms. The minimum atomic E-state index is -0.588. The molecule has 1 fully saturated rings. The van der Waals surface area contributed by atoms with Crippen LogP contribution in [0.25, 0.3) is 0 Å². The number of hydrazone groups is 1. The van der Waals surface area contributed by atoms with Crippen molar-refractivity contribution >= 4 is 23.3 Å². The molecule has 0 aliphatic carbocycles. The molecule has 158 valence electrons. The Morgan fingerprint density at radius 1 is 1.27 bits per heavy atom. The number of ether oxygens (including phenoxy) is 1. The van der Waals surface area contributed by atoms with Crippen LogP contribution in [0.4, 0.5) is 5.69 Å². The first-order valence-electron chi connectivity index (χ1n) is 10.2. The maximum Gasteiger partial charge on any atom is 0.354 e. The molecule has 1 amide bonds. The molecule has 2 unspecified atom stereocenters. The molecule has 2 atom stereocenters. The smallest absolute Gasteiger partial charge is 0.354 e. The van der Waals surface area contributed by atoms with E-state index in [4.69, 9.17) is 9.26 Å². The Labute approximate surface area is 174 Å². The zero-order valence-corrected chi connectivity index (χ0v) is 17.2. The molecule has 30 heavy (non-hydrogen) atoms. The van der Waals surface area contributed by atoms with E-state index in [9.17, 15) is 9.59 Å². The van der Waals surface area contributed by atoms with Crippen molar-refractivity contribution in [3.63, 3.8) is 0 Å². The van der Waals surface area contributed by atoms with Gasteiger partial charge in [0, 0.05) is 19.5 Å². The highest BCUT2D eigenvalue weighted by Gasteiger charge is 2.40. The van der Waals surface area contributed by atoms with Gasteiger partial charge in [-0.1, -0.05) is 23.4 Å². The molecule has 9 nitrogen and oxygen atoms in total. The summed E-state index contributed by atoms with van der Waals surface area (Å²) in [4.78, 5) is 31.9. The summed E-state index contributed by atoms with van der Waals surface area (Å²) in [7, 11) is 0. The van der Waals surface area contributed by atoms with Gasteiger partial charge in [0.2, 0.25) is 11.8 Å². The van der Waals surface area contributed by atoms with Crippen LogP contribution in [0.3, 0.4) is 0 Å². The van der Waals surface area contributed by atoms with Gasteiger partial charge in [-0.15, -0.1) is 0 Å². The van der Waals surface area contributed by atoms with Crippen molar-refractivity contribution in [2.45, 2.75) is 45.1 Å². The van der Waals surface area contributed by atoms with Gasteiger partial charge < -0.3 is 14.2 Å². The Kier molecular flexibility index (Phi) is 5.78. The molecule has 2 aromatic rings. The van der Waals surface area contributed by atoms with Crippen LogP contribution in [0.15, 0.2) is 40.0 Å². The quantitative estimate of drug-likeness (QED) is 0.696. The van der Waals surface area contributed by atoms with Crippen molar-refractivity contribution in [3.05, 3.63) is 42.0 Å². The van der Waals surface area contributed by atoms with Crippen LogP contribution < -0.4 is 5.01 Å². The Hall–Kier alpha value is -3.23. The lowest BCUT2D eigenvalue weighted by molar-refractivity contribution is -0.135. The van der Waals surface area contributed by atoms with E-state index in [1.165, 1.54) is 0 Å². The number of hydrogen-bond acceptors (Lipinski definition) is 8. The molecule has 0 spiro atoms. The third kappa shape index (κ3) is 4.05. The number of aromatic nitrogens is 2. The van der Waals surface area contributed by atoms with Crippen LogP contribution in [-0.2, 0) is 14.3 Å². The molecule has 2 aliphatic rings. The summed E-state index contributed by atoms with van der Waals surface area (Å²) in [5.41, 5.74) is 1.02. The van der Waals surface area contributed by atoms with Crippen molar-refractivity contribution in [1.29, 1.82) is 0 Å². The molecule has 1 saturated heterocycles. The average molecular weight is 411 g/mol. The van der Waals surface area contributed by atoms with Crippen LogP contribution in [0.1, 0.15) is 43.8 Å². The second kappa shape index (κ2) is 8.64. The number of amides is 1. The third-order valence-corrected chi connectivity index (χ3v) is 5.35. The Morgan fingerprint density at radius 3 is 2.77 bits per heavy atom. The number of nitrogens with zero attached hydrogens (tertiary/aromatic N) is 5. The number of likely N-dealkylation sites (tertiary alicyclic amines) is 1. The Balaban J connectivity index is 1.54. The molecule has 0 radical (unpaired) electrons. The van der Waals surface area contributed by atoms with E-state index in [1.807, 2.05) is 35.2 Å². The molecular formula is C21H25N5O4. The number of benzene rings is 1. The fourth-order valence-corrected chi connectivity index (χ4v) is 3.93. The van der Waals surface area contributed by atoms with E-state index in [-0.39, 0.29) is 30.6 Å². The number of esters is 1. The van der Waals surface area contributed by atoms with Crippen LogP contribution in [0.2, 0.25) is 0 Å². The monoisotopic (exact) mass is 411 g/mol. The molecule has 1 aromatic heterocycles. The van der Waals surface area contributed by atoms with Gasteiger partial charge in [0.15, 0.2) is 5.82 Å². The van der Waals surface area contributed by atoms with Gasteiger partial charge in [-0.25, -0.2) is 4.79 Å². The third-order valence-electron chi connectivity index (χ3n) is 5.35. The van der Waals surface area contributed by atoms with E-state index in [1.54, 1.807) is 18.9 Å². The molecule has 4 rings (SSSR count). The number of para-hydroxylation sites is 1. The summed E-state index contributed by atoms with van der Waals surface area (Å²) in [6.07, 6.45) is 1.96. The summed E-state index contributed by atoms with van der Waals surface area (Å²) in [6, 6.07) is 8.81. The van der Waals surface area contributed by atoms with E-state index in [0.717, 1.165) is 18.5 Å². The van der Waals surface area contributed by atoms with Gasteiger partial charge in [-0.3, -0.25) is 9.80 Å². The molecule has 0 N–H and O–H groups in total. The predicted molar refractivity (Wildman–Crippen MR) is 109 cm³/mol. The lowest BCUT2D eigenvalue weighted by Gasteiger charge is -2.34. The molecule has 0 bridgehead atoms. The Morgan fingerprint density at radius 2 is 2.07 bits per heavy atom. The fraction of sp³-hybridized carbons (Fsp3) is 0.476. The van der Waals surface area contributed by atoms with E-state index < -0.39 is 12.0 Å². The van der Waals surface area contributed by atoms with Crippen LogP contribution >= 0.6 is 0 Å². The van der Waals surface area contributed by atoms with Crippen LogP contribution in [0, 0.1) is 6.92 Å². The Bertz CT molecular complexity index is 942. The first-order chi connectivity index (χ1) is 14.6. The summed E-state index contributed by atoms with van der Waals surface area (Å²) < 4.78 is 10.4. The van der Waals surface area contributed by atoms with Gasteiger partial charge in [-0.2, -0.15) is 10.1 Å². The minimum Gasteiger partial charge on any atom is -0.461 e. The zero-order chi connectivity index (χ0) is 21.1. The van der Waals surface area contributed by atoms with Crippen molar-refractivity contribution in [2.24, 2.45) is 5.10 Å². The van der Waals surface area contributed by atoms with Crippen molar-refractivity contribution in [1.82, 2.24) is 15.0 Å². The number of anilines is 1. The highest BCUT2D eigenvalue weighted by Crippen LogP contribution is 2.30. The second-order valence-corrected chi connectivity index (χ2v) is 7.47. The normalized spacial score (nSPS) is 21.5. The van der Waals surface area contributed by atoms with Gasteiger partial charge in [-0.05, 0) is 38.8 Å². The number of aryl methyl sites for hydroxylation is 1. The standard InChI is InChI=1S/C21H25N5O4/c1-3-29-21(28)17-12-18(26(23-17)16-9-5-4-6-10-16)20(27)25-11-7-8-15(13-25)19-22-14(2)24-30-19/h4-6,9-10,15,18H,3,7-8,11-13H2,1-2H3. The van der Waals surface area contributed by atoms with Crippen LogP contribution in [-0.4, -0.2) is 58.4 Å². The molecular weight excluding hydrogens is 386 g/mol. The highest BCUT2D eigenvalue weighted by molar-refractivity contribution is 6.38. The van der Waals surface area contributed by atoms with Crippen molar-refractivity contribution in [2.75, 3.05) is 24.7 Å². The second-order valence-electron chi connectivity index (χ2n) is 7.47. The van der Waals surface area contributed by atoms with E-state index >= 15 is 0 Å². The molecule has 1 aromatic carbocycles. The van der Waals surface area contributed by atoms with E-state index in [0.29, 0.717) is 24.8 Å². The summed E-state index contributed by atoms with van der Waals surface area (Å²) in [6.45, 7) is 4.95. The van der Waals surface area contributed by atoms with Crippen molar-refractivity contribution < 1.29 is 18.8 Å². The lowest BCUT2D eigenvalue weighted by Crippen LogP contribution is -2.48. The topological polar surface area (TPSA) is 101 Å². The average Bonchev–Trinajstić information content (AvgIpc) is 3.41. The van der Waals surface area contributed by atoms with E-state index in [2.05, 4.69) is 15.2 Å². The first kappa shape index (κ1) is 20.1. The lowest BCUT2D eigenvalue weighted by atomic mass is 9.96. The number of piperidine rings is 1. The fourth-order valence-electron chi connectivity index (χ4n) is 3.93. The maximum atomic E-state index is 13.5. The summed E-state index contributed by atoms with van der Waals surface area (Å²) in [5, 5.41) is 9.95. The first-order valence-corrected chi connectivity index (χ1v) is 10.2. The number of rotatable bonds is 5. The van der Waals surface area contributed by atoms with Crippen LogP contribution in [0.5, 0.6) is 0 Å². The maximum absolute atomic E-state index is 13.5. The number of hydrogen-bond donors (Lipinski definition) is 0. The SMILES string of the molecule is CCOC(=O)C1=NN(c2ccccc2)C(C(=O)N2CCCC(c3nc(C)no3)C2)C1. The minimum absolute atomic E-state index is 0.0147.